The minimum absolute atomic E-state index is 0.0244. The Bertz CT molecular complexity index is 157. The van der Waals surface area contributed by atoms with E-state index in [1.54, 1.807) is 0 Å². The highest BCUT2D eigenvalue weighted by Crippen LogP contribution is 2.10. The van der Waals surface area contributed by atoms with Gasteiger partial charge in [-0.25, -0.2) is 4.79 Å². The van der Waals surface area contributed by atoms with Crippen LogP contribution in [0, 0.1) is 0 Å². The largest absolute Gasteiger partial charge is 0.508 e. The molecule has 90 valence electrons. The molecule has 0 aromatic rings. The summed E-state index contributed by atoms with van der Waals surface area (Å²) in [5.41, 5.74) is 0. The molecule has 0 aliphatic heterocycles. The Morgan fingerprint density at radius 1 is 1.13 bits per heavy atom. The molecule has 0 radical (unpaired) electrons. The molecule has 0 saturated heterocycles. The van der Waals surface area contributed by atoms with Crippen molar-refractivity contribution < 1.29 is 14.3 Å². The molecular formula is C12H24O3. The van der Waals surface area contributed by atoms with Crippen LogP contribution in [0.5, 0.6) is 0 Å². The first-order valence-electron chi connectivity index (χ1n) is 5.95. The van der Waals surface area contributed by atoms with Gasteiger partial charge in [-0.05, 0) is 19.8 Å². The quantitative estimate of drug-likeness (QED) is 0.456. The van der Waals surface area contributed by atoms with E-state index in [-0.39, 0.29) is 6.10 Å². The number of hydrogen-bond acceptors (Lipinski definition) is 3. The second kappa shape index (κ2) is 9.81. The average Bonchev–Trinajstić information content (AvgIpc) is 2.23. The highest BCUT2D eigenvalue weighted by molar-refractivity contribution is 5.59. The fraction of sp³-hybridized carbons (Fsp3) is 0.917. The van der Waals surface area contributed by atoms with Crippen LogP contribution >= 0.6 is 0 Å². The summed E-state index contributed by atoms with van der Waals surface area (Å²) in [5, 5.41) is 0. The van der Waals surface area contributed by atoms with Crippen LogP contribution in [0.15, 0.2) is 0 Å². The predicted molar refractivity (Wildman–Crippen MR) is 60.9 cm³/mol. The summed E-state index contributed by atoms with van der Waals surface area (Å²) >= 11 is 0. The van der Waals surface area contributed by atoms with Gasteiger partial charge in [-0.15, -0.1) is 0 Å². The van der Waals surface area contributed by atoms with Crippen LogP contribution in [0.25, 0.3) is 0 Å². The Kier molecular flexibility index (Phi) is 9.33. The molecule has 0 aromatic carbocycles. The molecule has 1 atom stereocenters. The van der Waals surface area contributed by atoms with E-state index in [9.17, 15) is 4.79 Å². The number of carbonyl (C=O) groups excluding carboxylic acids is 1. The average molecular weight is 216 g/mol. The van der Waals surface area contributed by atoms with Crippen LogP contribution in [0.2, 0.25) is 0 Å². The van der Waals surface area contributed by atoms with Gasteiger partial charge in [-0.1, -0.05) is 39.0 Å². The topological polar surface area (TPSA) is 35.5 Å². The van der Waals surface area contributed by atoms with Crippen molar-refractivity contribution in [3.63, 3.8) is 0 Å². The second-order valence-electron chi connectivity index (χ2n) is 3.94. The summed E-state index contributed by atoms with van der Waals surface area (Å²) in [6.07, 6.45) is 7.91. The number of rotatable bonds is 8. The van der Waals surface area contributed by atoms with Crippen LogP contribution in [0.4, 0.5) is 4.79 Å². The van der Waals surface area contributed by atoms with Crippen molar-refractivity contribution in [3.8, 4) is 0 Å². The maximum absolute atomic E-state index is 10.8. The van der Waals surface area contributed by atoms with Gasteiger partial charge in [0.1, 0.15) is 6.10 Å². The summed E-state index contributed by atoms with van der Waals surface area (Å²) in [6, 6.07) is 0. The molecule has 0 saturated carbocycles. The van der Waals surface area contributed by atoms with Gasteiger partial charge < -0.3 is 9.47 Å². The summed E-state index contributed by atoms with van der Waals surface area (Å²) in [4.78, 5) is 10.8. The summed E-state index contributed by atoms with van der Waals surface area (Å²) in [6.45, 7) is 4.12. The first kappa shape index (κ1) is 14.3. The summed E-state index contributed by atoms with van der Waals surface area (Å²) in [7, 11) is 1.33. The third kappa shape index (κ3) is 9.57. The van der Waals surface area contributed by atoms with E-state index in [2.05, 4.69) is 11.7 Å². The van der Waals surface area contributed by atoms with Crippen molar-refractivity contribution in [2.75, 3.05) is 7.11 Å². The second-order valence-corrected chi connectivity index (χ2v) is 3.94. The van der Waals surface area contributed by atoms with Gasteiger partial charge in [0.05, 0.1) is 7.11 Å². The molecule has 15 heavy (non-hydrogen) atoms. The molecule has 0 N–H and O–H groups in total. The maximum atomic E-state index is 10.8. The zero-order valence-electron chi connectivity index (χ0n) is 10.3. The molecule has 0 aliphatic carbocycles. The van der Waals surface area contributed by atoms with Crippen molar-refractivity contribution in [3.05, 3.63) is 0 Å². The predicted octanol–water partition coefficient (Wildman–Crippen LogP) is 3.91. The highest BCUT2D eigenvalue weighted by Gasteiger charge is 2.08. The van der Waals surface area contributed by atoms with Gasteiger partial charge in [-0.3, -0.25) is 0 Å². The van der Waals surface area contributed by atoms with E-state index >= 15 is 0 Å². The third-order valence-corrected chi connectivity index (χ3v) is 2.43. The van der Waals surface area contributed by atoms with E-state index in [4.69, 9.17) is 4.74 Å². The number of unbranched alkanes of at least 4 members (excludes halogenated alkanes) is 5. The van der Waals surface area contributed by atoms with Crippen LogP contribution in [-0.4, -0.2) is 19.4 Å². The molecule has 0 aromatic heterocycles. The van der Waals surface area contributed by atoms with Gasteiger partial charge in [0.2, 0.25) is 0 Å². The lowest BCUT2D eigenvalue weighted by molar-refractivity contribution is 0.0397. The molecule has 3 heteroatoms. The smallest absolute Gasteiger partial charge is 0.438 e. The SMILES string of the molecule is CCCCCCCCC(C)OC(=O)OC. The van der Waals surface area contributed by atoms with Crippen LogP contribution < -0.4 is 0 Å². The third-order valence-electron chi connectivity index (χ3n) is 2.43. The van der Waals surface area contributed by atoms with Gasteiger partial charge in [0.15, 0.2) is 0 Å². The Balaban J connectivity index is 3.23. The summed E-state index contributed by atoms with van der Waals surface area (Å²) < 4.78 is 9.39. The number of carbonyl (C=O) groups is 1. The Hall–Kier alpha value is -0.730. The summed E-state index contributed by atoms with van der Waals surface area (Å²) in [5.74, 6) is 0. The molecule has 0 spiro atoms. The molecule has 0 amide bonds. The van der Waals surface area contributed by atoms with Gasteiger partial charge >= 0.3 is 6.16 Å². The highest BCUT2D eigenvalue weighted by atomic mass is 16.7. The first-order valence-corrected chi connectivity index (χ1v) is 5.95. The molecule has 1 unspecified atom stereocenters. The Morgan fingerprint density at radius 3 is 2.33 bits per heavy atom. The van der Waals surface area contributed by atoms with Gasteiger partial charge in [0.25, 0.3) is 0 Å². The molecule has 0 aliphatic rings. The lowest BCUT2D eigenvalue weighted by Crippen LogP contribution is -2.14. The lowest BCUT2D eigenvalue weighted by Gasteiger charge is -2.11. The van der Waals surface area contributed by atoms with Crippen LogP contribution in [0.3, 0.4) is 0 Å². The number of hydrogen-bond donors (Lipinski definition) is 0. The fourth-order valence-electron chi connectivity index (χ4n) is 1.48. The van der Waals surface area contributed by atoms with Crippen molar-refractivity contribution in [2.45, 2.75) is 64.9 Å². The van der Waals surface area contributed by atoms with Crippen molar-refractivity contribution in [1.82, 2.24) is 0 Å². The van der Waals surface area contributed by atoms with E-state index in [1.807, 2.05) is 6.92 Å². The first-order chi connectivity index (χ1) is 7.20. The van der Waals surface area contributed by atoms with Crippen molar-refractivity contribution in [2.24, 2.45) is 0 Å². The lowest BCUT2D eigenvalue weighted by atomic mass is 10.1. The monoisotopic (exact) mass is 216 g/mol. The standard InChI is InChI=1S/C12H24O3/c1-4-5-6-7-8-9-10-11(2)15-12(13)14-3/h11H,4-10H2,1-3H3. The van der Waals surface area contributed by atoms with E-state index in [0.717, 1.165) is 12.8 Å². The van der Waals surface area contributed by atoms with Crippen molar-refractivity contribution in [1.29, 1.82) is 0 Å². The van der Waals surface area contributed by atoms with E-state index in [0.29, 0.717) is 0 Å². The maximum Gasteiger partial charge on any atom is 0.508 e. The molecule has 0 heterocycles. The Labute approximate surface area is 93.1 Å². The minimum Gasteiger partial charge on any atom is -0.438 e. The molecule has 0 rings (SSSR count). The van der Waals surface area contributed by atoms with Gasteiger partial charge in [-0.2, -0.15) is 0 Å². The zero-order valence-corrected chi connectivity index (χ0v) is 10.3. The molecular weight excluding hydrogens is 192 g/mol. The normalized spacial score (nSPS) is 12.2. The molecule has 0 bridgehead atoms. The number of methoxy groups -OCH3 is 1. The van der Waals surface area contributed by atoms with Gasteiger partial charge in [0, 0.05) is 0 Å². The van der Waals surface area contributed by atoms with Crippen LogP contribution in [-0.2, 0) is 9.47 Å². The van der Waals surface area contributed by atoms with Crippen molar-refractivity contribution >= 4 is 6.16 Å². The molecule has 0 fully saturated rings. The number of ether oxygens (including phenoxy) is 2. The van der Waals surface area contributed by atoms with Crippen LogP contribution in [0.1, 0.15) is 58.8 Å². The van der Waals surface area contributed by atoms with E-state index in [1.165, 1.54) is 39.2 Å². The molecule has 3 nitrogen and oxygen atoms in total. The Morgan fingerprint density at radius 2 is 1.73 bits per heavy atom. The zero-order chi connectivity index (χ0) is 11.5. The fourth-order valence-corrected chi connectivity index (χ4v) is 1.48. The minimum atomic E-state index is -0.575. The van der Waals surface area contributed by atoms with E-state index < -0.39 is 6.16 Å².